The average molecular weight is 546 g/mol. The molecule has 4 aromatic rings. The van der Waals surface area contributed by atoms with Crippen LogP contribution in [0.5, 0.6) is 5.75 Å². The lowest BCUT2D eigenvalue weighted by molar-refractivity contribution is -0.133. The van der Waals surface area contributed by atoms with Gasteiger partial charge >= 0.3 is 11.9 Å². The zero-order valence-corrected chi connectivity index (χ0v) is 21.7. The summed E-state index contributed by atoms with van der Waals surface area (Å²) in [6, 6.07) is 13.9. The van der Waals surface area contributed by atoms with Crippen molar-refractivity contribution in [1.29, 1.82) is 0 Å². The first-order valence-corrected chi connectivity index (χ1v) is 13.2. The molecule has 6 rings (SSSR count). The number of ether oxygens (including phenoxy) is 1. The fourth-order valence-electron chi connectivity index (χ4n) is 5.97. The quantitative estimate of drug-likeness (QED) is 0.321. The van der Waals surface area contributed by atoms with E-state index < -0.39 is 17.5 Å². The fraction of sp³-hybridized carbons (Fsp3) is 0.300. The SMILES string of the molecule is O=C(O)C=C(C(=O)O)c1ccn2c1C1(CCN(CCCc3noc4cc(F)ccc34)CC1)Oc1ccccc1C2. The van der Waals surface area contributed by atoms with Crippen molar-refractivity contribution in [3.05, 3.63) is 89.1 Å². The van der Waals surface area contributed by atoms with Crippen molar-refractivity contribution in [2.24, 2.45) is 0 Å². The van der Waals surface area contributed by atoms with Crippen LogP contribution < -0.4 is 4.74 Å². The van der Waals surface area contributed by atoms with E-state index in [0.717, 1.165) is 41.4 Å². The highest BCUT2D eigenvalue weighted by Crippen LogP contribution is 2.45. The molecule has 0 bridgehead atoms. The van der Waals surface area contributed by atoms with Gasteiger partial charge in [-0.15, -0.1) is 0 Å². The van der Waals surface area contributed by atoms with Crippen molar-refractivity contribution in [3.8, 4) is 5.75 Å². The number of aryl methyl sites for hydroxylation is 1. The Labute approximate surface area is 229 Å². The number of likely N-dealkylation sites (tertiary alicyclic amines) is 1. The van der Waals surface area contributed by atoms with Crippen LogP contribution in [0.1, 0.15) is 41.8 Å². The van der Waals surface area contributed by atoms with Crippen molar-refractivity contribution in [2.45, 2.75) is 37.8 Å². The molecule has 0 atom stereocenters. The van der Waals surface area contributed by atoms with Crippen molar-refractivity contribution >= 4 is 28.5 Å². The molecule has 4 heterocycles. The maximum absolute atomic E-state index is 13.5. The Hall–Kier alpha value is -4.44. The number of benzene rings is 2. The summed E-state index contributed by atoms with van der Waals surface area (Å²) in [5.74, 6) is -2.22. The van der Waals surface area contributed by atoms with Gasteiger partial charge in [0.1, 0.15) is 11.6 Å². The number of fused-ring (bicyclic) bond motifs is 4. The molecule has 40 heavy (non-hydrogen) atoms. The number of carboxylic acids is 2. The van der Waals surface area contributed by atoms with E-state index in [1.807, 2.05) is 35.0 Å². The van der Waals surface area contributed by atoms with Gasteiger partial charge in [0.05, 0.1) is 23.5 Å². The second-order valence-corrected chi connectivity index (χ2v) is 10.3. The Kier molecular flexibility index (Phi) is 6.63. The van der Waals surface area contributed by atoms with Gasteiger partial charge in [-0.05, 0) is 43.7 Å². The largest absolute Gasteiger partial charge is 0.481 e. The summed E-state index contributed by atoms with van der Waals surface area (Å²) in [6.45, 7) is 2.73. The Morgan fingerprint density at radius 2 is 1.90 bits per heavy atom. The van der Waals surface area contributed by atoms with E-state index in [-0.39, 0.29) is 11.4 Å². The number of rotatable bonds is 7. The van der Waals surface area contributed by atoms with Gasteiger partial charge in [-0.1, -0.05) is 23.4 Å². The van der Waals surface area contributed by atoms with E-state index in [1.165, 1.54) is 12.1 Å². The van der Waals surface area contributed by atoms with Gasteiger partial charge in [0, 0.05) is 60.8 Å². The third-order valence-corrected chi connectivity index (χ3v) is 7.86. The first kappa shape index (κ1) is 25.8. The minimum atomic E-state index is -1.32. The van der Waals surface area contributed by atoms with Gasteiger partial charge in [0.15, 0.2) is 11.2 Å². The second-order valence-electron chi connectivity index (χ2n) is 10.3. The highest BCUT2D eigenvalue weighted by atomic mass is 19.1. The Morgan fingerprint density at radius 1 is 1.10 bits per heavy atom. The molecular formula is C30H28FN3O6. The average Bonchev–Trinajstić information content (AvgIpc) is 3.50. The van der Waals surface area contributed by atoms with Crippen LogP contribution in [0.4, 0.5) is 4.39 Å². The number of aromatic nitrogens is 2. The standard InChI is InChI=1S/C30H28FN3O6/c31-20-7-8-22-24(32-40-26(22)16-20)5-3-12-33-14-10-30(11-15-33)28-21(23(29(37)38)17-27(35)36)9-13-34(28)18-19-4-1-2-6-25(19)39-30/h1-2,4,6-9,13,16-17H,3,5,10-12,14-15,18H2,(H,35,36)(H,37,38). The van der Waals surface area contributed by atoms with Gasteiger partial charge in [0.25, 0.3) is 0 Å². The molecule has 0 aliphatic carbocycles. The van der Waals surface area contributed by atoms with Crippen LogP contribution in [0.3, 0.4) is 0 Å². The number of carbonyl (C=O) groups is 2. The summed E-state index contributed by atoms with van der Waals surface area (Å²) in [4.78, 5) is 26.0. The molecule has 2 aliphatic rings. The normalized spacial score (nSPS) is 16.8. The number of piperidine rings is 1. The van der Waals surface area contributed by atoms with Crippen molar-refractivity contribution < 1.29 is 33.5 Å². The van der Waals surface area contributed by atoms with Crippen LogP contribution in [0, 0.1) is 5.82 Å². The molecule has 0 radical (unpaired) electrons. The first-order chi connectivity index (χ1) is 19.3. The molecule has 1 saturated heterocycles. The van der Waals surface area contributed by atoms with Gasteiger partial charge in [-0.2, -0.15) is 0 Å². The molecule has 1 spiro atoms. The minimum Gasteiger partial charge on any atom is -0.481 e. The Balaban J connectivity index is 1.24. The number of hydrogen-bond acceptors (Lipinski definition) is 6. The van der Waals surface area contributed by atoms with Crippen LogP contribution in [-0.2, 0) is 28.2 Å². The van der Waals surface area contributed by atoms with Crippen LogP contribution in [0.15, 0.2) is 65.3 Å². The number of nitrogens with zero attached hydrogens (tertiary/aromatic N) is 3. The van der Waals surface area contributed by atoms with E-state index in [1.54, 1.807) is 12.1 Å². The fourth-order valence-corrected chi connectivity index (χ4v) is 5.97. The number of aliphatic carboxylic acids is 2. The number of halogens is 1. The Morgan fingerprint density at radius 3 is 2.67 bits per heavy atom. The van der Waals surface area contributed by atoms with Gasteiger partial charge < -0.3 is 28.9 Å². The van der Waals surface area contributed by atoms with Crippen LogP contribution in [0.2, 0.25) is 0 Å². The smallest absolute Gasteiger partial charge is 0.336 e. The molecule has 2 aromatic carbocycles. The summed E-state index contributed by atoms with van der Waals surface area (Å²) in [5, 5.41) is 24.2. The van der Waals surface area contributed by atoms with E-state index in [2.05, 4.69) is 10.1 Å². The third kappa shape index (κ3) is 4.75. The van der Waals surface area contributed by atoms with Crippen LogP contribution in [0.25, 0.3) is 16.5 Å². The van der Waals surface area contributed by atoms with Crippen molar-refractivity contribution in [1.82, 2.24) is 14.6 Å². The lowest BCUT2D eigenvalue weighted by atomic mass is 9.84. The van der Waals surface area contributed by atoms with Gasteiger partial charge in [0.2, 0.25) is 0 Å². The second kappa shape index (κ2) is 10.3. The molecular weight excluding hydrogens is 517 g/mol. The summed E-state index contributed by atoms with van der Waals surface area (Å²) < 4.78 is 27.5. The maximum atomic E-state index is 13.5. The molecule has 2 aromatic heterocycles. The summed E-state index contributed by atoms with van der Waals surface area (Å²) in [7, 11) is 0. The number of para-hydroxylation sites is 1. The van der Waals surface area contributed by atoms with Crippen molar-refractivity contribution in [2.75, 3.05) is 19.6 Å². The molecule has 9 nitrogen and oxygen atoms in total. The minimum absolute atomic E-state index is 0.266. The van der Waals surface area contributed by atoms with Gasteiger partial charge in [-0.3, -0.25) is 0 Å². The lowest BCUT2D eigenvalue weighted by Crippen LogP contribution is -2.47. The van der Waals surface area contributed by atoms with Crippen molar-refractivity contribution in [3.63, 3.8) is 0 Å². The zero-order valence-electron chi connectivity index (χ0n) is 21.7. The van der Waals surface area contributed by atoms with Crippen LogP contribution >= 0.6 is 0 Å². The van der Waals surface area contributed by atoms with E-state index >= 15 is 0 Å². The predicted octanol–water partition coefficient (Wildman–Crippen LogP) is 4.69. The van der Waals surface area contributed by atoms with E-state index in [9.17, 15) is 24.2 Å². The molecule has 0 unspecified atom stereocenters. The predicted molar refractivity (Wildman–Crippen MR) is 143 cm³/mol. The van der Waals surface area contributed by atoms with Crippen LogP contribution in [-0.4, -0.2) is 56.4 Å². The lowest BCUT2D eigenvalue weighted by Gasteiger charge is -2.42. The monoisotopic (exact) mass is 545 g/mol. The molecule has 2 aliphatic heterocycles. The summed E-state index contributed by atoms with van der Waals surface area (Å²) in [5.41, 5.74) is 2.20. The highest BCUT2D eigenvalue weighted by molar-refractivity contribution is 6.19. The number of carboxylic acid groups (broad SMARTS) is 2. The van der Waals surface area contributed by atoms with E-state index in [4.69, 9.17) is 9.26 Å². The summed E-state index contributed by atoms with van der Waals surface area (Å²) in [6.07, 6.45) is 5.30. The maximum Gasteiger partial charge on any atom is 0.336 e. The topological polar surface area (TPSA) is 118 Å². The molecule has 0 saturated carbocycles. The molecule has 0 amide bonds. The number of hydrogen-bond donors (Lipinski definition) is 2. The van der Waals surface area contributed by atoms with Gasteiger partial charge in [-0.25, -0.2) is 14.0 Å². The third-order valence-electron chi connectivity index (χ3n) is 7.86. The highest BCUT2D eigenvalue weighted by Gasteiger charge is 2.45. The zero-order chi connectivity index (χ0) is 27.9. The summed E-state index contributed by atoms with van der Waals surface area (Å²) >= 11 is 0. The molecule has 1 fully saturated rings. The Bertz CT molecular complexity index is 1630. The van der Waals surface area contributed by atoms with E-state index in [0.29, 0.717) is 55.7 Å². The molecule has 206 valence electrons. The molecule has 2 N–H and O–H groups in total. The molecule has 10 heteroatoms. The first-order valence-electron chi connectivity index (χ1n) is 13.2.